The van der Waals surface area contributed by atoms with Crippen LogP contribution in [-0.4, -0.2) is 14.6 Å². The van der Waals surface area contributed by atoms with Crippen LogP contribution in [0.4, 0.5) is 0 Å². The maximum absolute atomic E-state index is 5.88. The molecule has 2 N–H and O–H groups in total. The van der Waals surface area contributed by atoms with Gasteiger partial charge in [-0.2, -0.15) is 0 Å². The molecule has 15 heavy (non-hydrogen) atoms. The molecular formula is C10H16N4S. The molecular weight excluding hydrogens is 208 g/mol. The van der Waals surface area contributed by atoms with Gasteiger partial charge in [0.25, 0.3) is 0 Å². The SMILES string of the molecule is CC(N)c1nnc2scc(C(C)(C)C)n12. The summed E-state index contributed by atoms with van der Waals surface area (Å²) in [4.78, 5) is 0.923. The molecule has 0 aliphatic heterocycles. The van der Waals surface area contributed by atoms with Crippen molar-refractivity contribution >= 4 is 16.3 Å². The van der Waals surface area contributed by atoms with Gasteiger partial charge >= 0.3 is 0 Å². The van der Waals surface area contributed by atoms with Crippen molar-refractivity contribution in [3.63, 3.8) is 0 Å². The van der Waals surface area contributed by atoms with Crippen LogP contribution in [0.3, 0.4) is 0 Å². The molecule has 0 bridgehead atoms. The minimum atomic E-state index is -0.0873. The number of nitrogens with two attached hydrogens (primary N) is 1. The minimum Gasteiger partial charge on any atom is -0.322 e. The number of aromatic nitrogens is 3. The van der Waals surface area contributed by atoms with Gasteiger partial charge in [0, 0.05) is 16.5 Å². The van der Waals surface area contributed by atoms with E-state index in [1.165, 1.54) is 5.69 Å². The number of hydrogen-bond donors (Lipinski definition) is 1. The largest absolute Gasteiger partial charge is 0.322 e. The summed E-state index contributed by atoms with van der Waals surface area (Å²) < 4.78 is 2.08. The molecule has 1 atom stereocenters. The van der Waals surface area contributed by atoms with E-state index < -0.39 is 0 Å². The van der Waals surface area contributed by atoms with Gasteiger partial charge in [0.2, 0.25) is 4.96 Å². The van der Waals surface area contributed by atoms with Gasteiger partial charge in [-0.05, 0) is 6.92 Å². The molecule has 2 aromatic rings. The van der Waals surface area contributed by atoms with Crippen LogP contribution in [0.2, 0.25) is 0 Å². The standard InChI is InChI=1S/C10H16N4S/c1-6(11)8-12-13-9-14(8)7(5-15-9)10(2,3)4/h5-6H,11H2,1-4H3. The lowest BCUT2D eigenvalue weighted by Crippen LogP contribution is -2.18. The zero-order valence-corrected chi connectivity index (χ0v) is 10.3. The average Bonchev–Trinajstić information content (AvgIpc) is 2.57. The van der Waals surface area contributed by atoms with Gasteiger partial charge in [0.15, 0.2) is 5.82 Å². The average molecular weight is 224 g/mol. The van der Waals surface area contributed by atoms with Crippen molar-refractivity contribution in [3.05, 3.63) is 16.9 Å². The molecule has 0 aliphatic rings. The van der Waals surface area contributed by atoms with Crippen LogP contribution < -0.4 is 5.73 Å². The topological polar surface area (TPSA) is 56.2 Å². The smallest absolute Gasteiger partial charge is 0.216 e. The minimum absolute atomic E-state index is 0.0873. The summed E-state index contributed by atoms with van der Waals surface area (Å²) in [7, 11) is 0. The van der Waals surface area contributed by atoms with E-state index in [1.54, 1.807) is 11.3 Å². The molecule has 0 saturated carbocycles. The lowest BCUT2D eigenvalue weighted by molar-refractivity contribution is 0.554. The molecule has 0 aromatic carbocycles. The Balaban J connectivity index is 2.71. The Morgan fingerprint density at radius 3 is 2.60 bits per heavy atom. The second-order valence-electron chi connectivity index (χ2n) is 4.84. The first kappa shape index (κ1) is 10.6. The predicted molar refractivity (Wildman–Crippen MR) is 62.2 cm³/mol. The lowest BCUT2D eigenvalue weighted by atomic mass is 9.93. The van der Waals surface area contributed by atoms with E-state index in [2.05, 4.69) is 40.7 Å². The van der Waals surface area contributed by atoms with E-state index in [0.29, 0.717) is 0 Å². The van der Waals surface area contributed by atoms with Crippen molar-refractivity contribution in [2.45, 2.75) is 39.2 Å². The quantitative estimate of drug-likeness (QED) is 0.807. The van der Waals surface area contributed by atoms with Crippen LogP contribution in [0, 0.1) is 0 Å². The number of fused-ring (bicyclic) bond motifs is 1. The molecule has 0 radical (unpaired) electrons. The van der Waals surface area contributed by atoms with E-state index in [0.717, 1.165) is 10.8 Å². The zero-order valence-electron chi connectivity index (χ0n) is 9.48. The summed E-state index contributed by atoms with van der Waals surface area (Å²) >= 11 is 1.61. The van der Waals surface area contributed by atoms with Gasteiger partial charge in [-0.25, -0.2) is 0 Å². The van der Waals surface area contributed by atoms with Crippen LogP contribution in [0.15, 0.2) is 5.38 Å². The summed E-state index contributed by atoms with van der Waals surface area (Å²) in [5, 5.41) is 10.4. The molecule has 2 heterocycles. The van der Waals surface area contributed by atoms with Gasteiger partial charge in [0.1, 0.15) is 0 Å². The van der Waals surface area contributed by atoms with Crippen LogP contribution in [0.5, 0.6) is 0 Å². The molecule has 82 valence electrons. The van der Waals surface area contributed by atoms with Crippen molar-refractivity contribution in [1.29, 1.82) is 0 Å². The van der Waals surface area contributed by atoms with Gasteiger partial charge in [-0.3, -0.25) is 4.40 Å². The van der Waals surface area contributed by atoms with Gasteiger partial charge in [0.05, 0.1) is 6.04 Å². The number of rotatable bonds is 1. The van der Waals surface area contributed by atoms with Crippen LogP contribution in [-0.2, 0) is 5.41 Å². The van der Waals surface area contributed by atoms with Crippen molar-refractivity contribution in [2.75, 3.05) is 0 Å². The Labute approximate surface area is 93.1 Å². The highest BCUT2D eigenvalue weighted by atomic mass is 32.1. The predicted octanol–water partition coefficient (Wildman–Crippen LogP) is 2.11. The highest BCUT2D eigenvalue weighted by Crippen LogP contribution is 2.28. The molecule has 1 unspecified atom stereocenters. The fourth-order valence-electron chi connectivity index (χ4n) is 1.55. The normalized spacial score (nSPS) is 14.7. The Morgan fingerprint density at radius 2 is 2.07 bits per heavy atom. The molecule has 2 rings (SSSR count). The highest BCUT2D eigenvalue weighted by molar-refractivity contribution is 7.15. The maximum atomic E-state index is 5.88. The third-order valence-electron chi connectivity index (χ3n) is 2.35. The molecule has 0 amide bonds. The van der Waals surface area contributed by atoms with Crippen LogP contribution in [0.1, 0.15) is 45.3 Å². The second-order valence-corrected chi connectivity index (χ2v) is 5.67. The summed E-state index contributed by atoms with van der Waals surface area (Å²) in [6.07, 6.45) is 0. The molecule has 0 aliphatic carbocycles. The molecule has 0 saturated heterocycles. The molecule has 5 heteroatoms. The Hall–Kier alpha value is -0.940. The van der Waals surface area contributed by atoms with Gasteiger partial charge in [-0.15, -0.1) is 21.5 Å². The van der Waals surface area contributed by atoms with Crippen LogP contribution >= 0.6 is 11.3 Å². The Morgan fingerprint density at radius 1 is 1.40 bits per heavy atom. The third-order valence-corrected chi connectivity index (χ3v) is 3.17. The second kappa shape index (κ2) is 3.28. The van der Waals surface area contributed by atoms with Gasteiger partial charge < -0.3 is 5.73 Å². The summed E-state index contributed by atoms with van der Waals surface area (Å²) in [5.41, 5.74) is 7.19. The van der Waals surface area contributed by atoms with E-state index in [4.69, 9.17) is 5.73 Å². The fraction of sp³-hybridized carbons (Fsp3) is 0.600. The zero-order chi connectivity index (χ0) is 11.2. The first-order chi connectivity index (χ1) is 6.91. The summed E-state index contributed by atoms with van der Waals surface area (Å²) in [6, 6.07) is -0.0873. The molecule has 2 aromatic heterocycles. The number of thiazole rings is 1. The van der Waals surface area contributed by atoms with Gasteiger partial charge in [-0.1, -0.05) is 20.8 Å². The third kappa shape index (κ3) is 1.66. The van der Waals surface area contributed by atoms with E-state index >= 15 is 0 Å². The summed E-state index contributed by atoms with van der Waals surface area (Å²) in [5.74, 6) is 0.844. The van der Waals surface area contributed by atoms with E-state index in [-0.39, 0.29) is 11.5 Å². The monoisotopic (exact) mass is 224 g/mol. The first-order valence-electron chi connectivity index (χ1n) is 5.00. The highest BCUT2D eigenvalue weighted by Gasteiger charge is 2.22. The maximum Gasteiger partial charge on any atom is 0.216 e. The molecule has 0 spiro atoms. The van der Waals surface area contributed by atoms with Crippen molar-refractivity contribution in [1.82, 2.24) is 14.6 Å². The number of hydrogen-bond acceptors (Lipinski definition) is 4. The van der Waals surface area contributed by atoms with Crippen molar-refractivity contribution < 1.29 is 0 Å². The lowest BCUT2D eigenvalue weighted by Gasteiger charge is -2.18. The fourth-order valence-corrected chi connectivity index (χ4v) is 2.61. The van der Waals surface area contributed by atoms with Crippen LogP contribution in [0.25, 0.3) is 4.96 Å². The Bertz CT molecular complexity index is 475. The molecule has 4 nitrogen and oxygen atoms in total. The first-order valence-corrected chi connectivity index (χ1v) is 5.88. The Kier molecular flexibility index (Phi) is 2.31. The molecule has 0 fully saturated rings. The van der Waals surface area contributed by atoms with E-state index in [1.807, 2.05) is 6.92 Å². The summed E-state index contributed by atoms with van der Waals surface area (Å²) in [6.45, 7) is 8.47. The van der Waals surface area contributed by atoms with Crippen molar-refractivity contribution in [2.24, 2.45) is 5.73 Å². The number of nitrogens with zero attached hydrogens (tertiary/aromatic N) is 3. The van der Waals surface area contributed by atoms with Crippen molar-refractivity contribution in [3.8, 4) is 0 Å². The van der Waals surface area contributed by atoms with E-state index in [9.17, 15) is 0 Å².